The van der Waals surface area contributed by atoms with Crippen molar-refractivity contribution in [3.05, 3.63) is 82.3 Å². The highest BCUT2D eigenvalue weighted by Gasteiger charge is 2.49. The number of imidazole rings is 1. The first-order chi connectivity index (χ1) is 16.4. The number of carbonyl (C=O) groups is 2. The molecule has 9 heteroatoms. The first kappa shape index (κ1) is 21.8. The summed E-state index contributed by atoms with van der Waals surface area (Å²) in [5, 5.41) is 11.5. The maximum atomic E-state index is 13.3. The van der Waals surface area contributed by atoms with E-state index in [1.54, 1.807) is 37.3 Å². The fourth-order valence-corrected chi connectivity index (χ4v) is 4.27. The average Bonchev–Trinajstić information content (AvgIpc) is 3.51. The average molecular weight is 478 g/mol. The summed E-state index contributed by atoms with van der Waals surface area (Å²) in [6.07, 6.45) is 0. The predicted molar refractivity (Wildman–Crippen MR) is 127 cm³/mol. The molecule has 172 valence electrons. The number of carbonyl (C=O) groups excluding carboxylic acids is 2. The Kier molecular flexibility index (Phi) is 5.37. The summed E-state index contributed by atoms with van der Waals surface area (Å²) < 4.78 is 11.3. The lowest BCUT2D eigenvalue weighted by atomic mass is 9.99. The predicted octanol–water partition coefficient (Wildman–Crippen LogP) is 5.14. The highest BCUT2D eigenvalue weighted by molar-refractivity contribution is 6.51. The maximum absolute atomic E-state index is 13.3. The van der Waals surface area contributed by atoms with E-state index in [2.05, 4.69) is 9.97 Å². The van der Waals surface area contributed by atoms with Crippen molar-refractivity contribution in [3.63, 3.8) is 0 Å². The Bertz CT molecular complexity index is 1440. The molecule has 2 aromatic carbocycles. The van der Waals surface area contributed by atoms with Crippen LogP contribution in [0.1, 0.15) is 30.0 Å². The second-order valence-corrected chi connectivity index (χ2v) is 8.18. The van der Waals surface area contributed by atoms with Crippen LogP contribution in [-0.2, 0) is 9.59 Å². The molecule has 5 rings (SSSR count). The van der Waals surface area contributed by atoms with Crippen LogP contribution in [0.5, 0.6) is 5.75 Å². The molecule has 4 aromatic rings. The zero-order valence-electron chi connectivity index (χ0n) is 18.3. The topological polar surface area (TPSA) is 109 Å². The molecule has 0 spiro atoms. The second-order valence-electron chi connectivity index (χ2n) is 7.77. The number of benzene rings is 2. The lowest BCUT2D eigenvalue weighted by Gasteiger charge is -2.21. The van der Waals surface area contributed by atoms with E-state index in [1.807, 2.05) is 25.1 Å². The molecule has 1 fully saturated rings. The summed E-state index contributed by atoms with van der Waals surface area (Å²) >= 11 is 6.36. The van der Waals surface area contributed by atoms with Crippen molar-refractivity contribution in [1.29, 1.82) is 0 Å². The Hall–Kier alpha value is -4.04. The van der Waals surface area contributed by atoms with Crippen molar-refractivity contribution < 1.29 is 23.8 Å². The van der Waals surface area contributed by atoms with Crippen LogP contribution in [0.15, 0.2) is 64.6 Å². The van der Waals surface area contributed by atoms with E-state index in [1.165, 1.54) is 11.0 Å². The number of halogens is 1. The Morgan fingerprint density at radius 3 is 2.71 bits per heavy atom. The van der Waals surface area contributed by atoms with Crippen LogP contribution in [0, 0.1) is 6.92 Å². The normalized spacial score (nSPS) is 17.6. The number of aliphatic hydroxyl groups excluding tert-OH is 1. The summed E-state index contributed by atoms with van der Waals surface area (Å²) in [7, 11) is 0. The van der Waals surface area contributed by atoms with Crippen LogP contribution in [0.3, 0.4) is 0 Å². The molecule has 8 nitrogen and oxygen atoms in total. The van der Waals surface area contributed by atoms with Crippen molar-refractivity contribution in [2.45, 2.75) is 19.9 Å². The number of hydrogen-bond acceptors (Lipinski definition) is 6. The van der Waals surface area contributed by atoms with Crippen LogP contribution in [0.25, 0.3) is 16.8 Å². The monoisotopic (exact) mass is 477 g/mol. The molecule has 34 heavy (non-hydrogen) atoms. The number of aromatic nitrogens is 2. The van der Waals surface area contributed by atoms with Crippen LogP contribution < -0.4 is 9.64 Å². The number of H-pyrrole nitrogens is 1. The number of aromatic amines is 1. The molecule has 2 N–H and O–H groups in total. The highest BCUT2D eigenvalue weighted by Crippen LogP contribution is 2.43. The number of nitrogens with zero attached hydrogens (tertiary/aromatic N) is 2. The van der Waals surface area contributed by atoms with E-state index in [-0.39, 0.29) is 22.1 Å². The van der Waals surface area contributed by atoms with Gasteiger partial charge in [-0.1, -0.05) is 23.7 Å². The molecule has 0 radical (unpaired) electrons. The van der Waals surface area contributed by atoms with E-state index in [0.717, 1.165) is 0 Å². The van der Waals surface area contributed by atoms with Crippen LogP contribution in [0.2, 0.25) is 5.02 Å². The zero-order chi connectivity index (χ0) is 24.0. The Balaban J connectivity index is 1.72. The number of fused-ring (bicyclic) bond motifs is 1. The van der Waals surface area contributed by atoms with Crippen molar-refractivity contribution in [3.8, 4) is 5.75 Å². The van der Waals surface area contributed by atoms with Crippen molar-refractivity contribution in [1.82, 2.24) is 9.97 Å². The third kappa shape index (κ3) is 3.52. The molecule has 1 aliphatic rings. The largest absolute Gasteiger partial charge is 0.507 e. The smallest absolute Gasteiger partial charge is 0.302 e. The molecule has 1 saturated heterocycles. The molecule has 1 atom stereocenters. The van der Waals surface area contributed by atoms with Gasteiger partial charge < -0.3 is 19.2 Å². The van der Waals surface area contributed by atoms with Gasteiger partial charge in [0.05, 0.1) is 28.2 Å². The molecule has 0 saturated carbocycles. The number of hydrogen-bond donors (Lipinski definition) is 2. The van der Waals surface area contributed by atoms with Gasteiger partial charge in [-0.05, 0) is 56.3 Å². The number of furan rings is 1. The Morgan fingerprint density at radius 1 is 1.21 bits per heavy atom. The number of para-hydroxylation sites is 2. The van der Waals surface area contributed by atoms with E-state index in [9.17, 15) is 14.7 Å². The molecular formula is C25H20ClN3O5. The summed E-state index contributed by atoms with van der Waals surface area (Å²) in [5.41, 5.74) is 1.33. The number of nitrogens with one attached hydrogen (secondary N) is 1. The van der Waals surface area contributed by atoms with Gasteiger partial charge in [0.15, 0.2) is 0 Å². The third-order valence-electron chi connectivity index (χ3n) is 5.58. The molecule has 3 heterocycles. The van der Waals surface area contributed by atoms with Gasteiger partial charge in [0.25, 0.3) is 5.78 Å². The van der Waals surface area contributed by atoms with Gasteiger partial charge in [0, 0.05) is 5.56 Å². The minimum Gasteiger partial charge on any atom is -0.507 e. The first-order valence-electron chi connectivity index (χ1n) is 10.6. The number of aryl methyl sites for hydroxylation is 1. The van der Waals surface area contributed by atoms with Gasteiger partial charge in [-0.25, -0.2) is 4.98 Å². The number of amides is 1. The summed E-state index contributed by atoms with van der Waals surface area (Å²) in [6, 6.07) is 14.3. The van der Waals surface area contributed by atoms with Crippen LogP contribution >= 0.6 is 11.6 Å². The summed E-state index contributed by atoms with van der Waals surface area (Å²) in [4.78, 5) is 35.3. The maximum Gasteiger partial charge on any atom is 0.302 e. The van der Waals surface area contributed by atoms with Gasteiger partial charge in [-0.3, -0.25) is 14.5 Å². The number of ether oxygens (including phenoxy) is 1. The fourth-order valence-electron chi connectivity index (χ4n) is 4.06. The standard InChI is InChI=1S/C25H20ClN3O5/c1-3-33-14-9-10-16(26)15(12-14)22(30)20-21(19-11-8-13(2)34-19)29(24(32)23(20)31)25-27-17-6-4-5-7-18(17)28-25/h4-12,21,30H,3H2,1-2H3,(H,27,28)/b22-20+. The van der Waals surface area contributed by atoms with Crippen molar-refractivity contribution in [2.75, 3.05) is 11.5 Å². The van der Waals surface area contributed by atoms with Gasteiger partial charge in [0.2, 0.25) is 5.95 Å². The Labute approximate surface area is 199 Å². The Morgan fingerprint density at radius 2 is 2.00 bits per heavy atom. The van der Waals surface area contributed by atoms with Gasteiger partial charge >= 0.3 is 5.91 Å². The quantitative estimate of drug-likeness (QED) is 0.234. The molecule has 2 aromatic heterocycles. The van der Waals surface area contributed by atoms with Crippen molar-refractivity contribution >= 4 is 46.0 Å². The van der Waals surface area contributed by atoms with E-state index >= 15 is 0 Å². The fraction of sp³-hybridized carbons (Fsp3) is 0.160. The van der Waals surface area contributed by atoms with Gasteiger partial charge in [-0.15, -0.1) is 0 Å². The number of Topliss-reactive ketones (excluding diaryl/α,β-unsaturated/α-hetero) is 1. The number of aliphatic hydroxyl groups is 1. The molecule has 0 aliphatic carbocycles. The molecular weight excluding hydrogens is 458 g/mol. The molecule has 1 unspecified atom stereocenters. The van der Waals surface area contributed by atoms with E-state index in [4.69, 9.17) is 20.8 Å². The van der Waals surface area contributed by atoms with Gasteiger partial charge in [0.1, 0.15) is 29.1 Å². The lowest BCUT2D eigenvalue weighted by Crippen LogP contribution is -2.30. The lowest BCUT2D eigenvalue weighted by molar-refractivity contribution is -0.132. The molecule has 1 aliphatic heterocycles. The first-order valence-corrected chi connectivity index (χ1v) is 11.0. The minimum atomic E-state index is -1.05. The summed E-state index contributed by atoms with van der Waals surface area (Å²) in [6.45, 7) is 3.98. The molecule has 1 amide bonds. The van der Waals surface area contributed by atoms with Crippen LogP contribution in [0.4, 0.5) is 5.95 Å². The number of ketones is 1. The molecule has 0 bridgehead atoms. The van der Waals surface area contributed by atoms with Crippen molar-refractivity contribution in [2.24, 2.45) is 0 Å². The summed E-state index contributed by atoms with van der Waals surface area (Å²) in [5.74, 6) is -0.646. The second kappa shape index (κ2) is 8.39. The number of rotatable bonds is 5. The zero-order valence-corrected chi connectivity index (χ0v) is 19.1. The third-order valence-corrected chi connectivity index (χ3v) is 5.91. The SMILES string of the molecule is CCOc1ccc(Cl)c(/C(O)=C2\C(=O)C(=O)N(c3nc4ccccc4[nH]3)C2c2ccc(C)o2)c1. The van der Waals surface area contributed by atoms with Gasteiger partial charge in [-0.2, -0.15) is 0 Å². The minimum absolute atomic E-state index is 0.157. The van der Waals surface area contributed by atoms with E-state index in [0.29, 0.717) is 34.9 Å². The number of anilines is 1. The van der Waals surface area contributed by atoms with Crippen LogP contribution in [-0.4, -0.2) is 33.4 Å². The highest BCUT2D eigenvalue weighted by atomic mass is 35.5. The van der Waals surface area contributed by atoms with E-state index < -0.39 is 23.5 Å².